The van der Waals surface area contributed by atoms with Crippen molar-refractivity contribution in [3.8, 4) is 0 Å². The molecular weight excluding hydrogens is 307 g/mol. The van der Waals surface area contributed by atoms with E-state index in [1.807, 2.05) is 0 Å². The number of hydrogen-bond donors (Lipinski definition) is 3. The third-order valence-electron chi connectivity index (χ3n) is 2.69. The molecule has 0 aliphatic heterocycles. The van der Waals surface area contributed by atoms with E-state index in [0.717, 1.165) is 6.07 Å². The SMILES string of the molecule is Cc1[nH]nc(S(=O)(=O)Nc2c(F)cccc2Cl)c1CN. The first kappa shape index (κ1) is 14.8. The Kier molecular flexibility index (Phi) is 3.98. The van der Waals surface area contributed by atoms with Gasteiger partial charge in [-0.1, -0.05) is 17.7 Å². The van der Waals surface area contributed by atoms with Crippen LogP contribution in [0.15, 0.2) is 23.2 Å². The predicted molar refractivity (Wildman–Crippen MR) is 73.4 cm³/mol. The fourth-order valence-electron chi connectivity index (χ4n) is 1.67. The van der Waals surface area contributed by atoms with Crippen molar-refractivity contribution in [2.75, 3.05) is 4.72 Å². The lowest BCUT2D eigenvalue weighted by atomic mass is 10.3. The van der Waals surface area contributed by atoms with Crippen LogP contribution in [0.2, 0.25) is 5.02 Å². The number of aromatic nitrogens is 2. The highest BCUT2D eigenvalue weighted by atomic mass is 35.5. The van der Waals surface area contributed by atoms with Gasteiger partial charge in [-0.25, -0.2) is 4.39 Å². The van der Waals surface area contributed by atoms with Crippen molar-refractivity contribution in [1.29, 1.82) is 0 Å². The zero-order valence-electron chi connectivity index (χ0n) is 10.4. The lowest BCUT2D eigenvalue weighted by Gasteiger charge is -2.09. The Morgan fingerprint density at radius 3 is 2.80 bits per heavy atom. The minimum absolute atomic E-state index is 0.0103. The molecule has 2 rings (SSSR count). The van der Waals surface area contributed by atoms with E-state index in [9.17, 15) is 12.8 Å². The molecule has 0 aliphatic rings. The first-order chi connectivity index (χ1) is 9.36. The summed E-state index contributed by atoms with van der Waals surface area (Å²) in [5, 5.41) is 5.91. The van der Waals surface area contributed by atoms with Gasteiger partial charge in [0.1, 0.15) is 11.5 Å². The molecule has 1 heterocycles. The Labute approximate surface area is 120 Å². The van der Waals surface area contributed by atoms with Crippen LogP contribution in [0.1, 0.15) is 11.3 Å². The first-order valence-electron chi connectivity index (χ1n) is 5.57. The molecule has 1 aromatic heterocycles. The second-order valence-electron chi connectivity index (χ2n) is 4.04. The Morgan fingerprint density at radius 1 is 1.50 bits per heavy atom. The van der Waals surface area contributed by atoms with Crippen molar-refractivity contribution in [2.24, 2.45) is 5.73 Å². The van der Waals surface area contributed by atoms with Gasteiger partial charge < -0.3 is 5.73 Å². The first-order valence-corrected chi connectivity index (χ1v) is 7.43. The van der Waals surface area contributed by atoms with E-state index in [1.54, 1.807) is 6.92 Å². The van der Waals surface area contributed by atoms with Crippen molar-refractivity contribution in [3.05, 3.63) is 40.3 Å². The van der Waals surface area contributed by atoms with Crippen molar-refractivity contribution < 1.29 is 12.8 Å². The lowest BCUT2D eigenvalue weighted by molar-refractivity contribution is 0.593. The van der Waals surface area contributed by atoms with Crippen LogP contribution in [0.4, 0.5) is 10.1 Å². The molecular formula is C11H12ClFN4O2S. The van der Waals surface area contributed by atoms with E-state index in [0.29, 0.717) is 11.3 Å². The van der Waals surface area contributed by atoms with Gasteiger partial charge in [0.15, 0.2) is 0 Å². The molecule has 0 aliphatic carbocycles. The van der Waals surface area contributed by atoms with Crippen LogP contribution in [-0.4, -0.2) is 18.6 Å². The number of H-pyrrole nitrogens is 1. The summed E-state index contributed by atoms with van der Waals surface area (Å²) in [4.78, 5) is 0. The average Bonchev–Trinajstić information content (AvgIpc) is 2.76. The van der Waals surface area contributed by atoms with E-state index >= 15 is 0 Å². The molecule has 0 bridgehead atoms. The van der Waals surface area contributed by atoms with Gasteiger partial charge >= 0.3 is 0 Å². The normalized spacial score (nSPS) is 11.6. The number of halogens is 2. The highest BCUT2D eigenvalue weighted by Crippen LogP contribution is 2.28. The van der Waals surface area contributed by atoms with Gasteiger partial charge in [-0.2, -0.15) is 13.5 Å². The summed E-state index contributed by atoms with van der Waals surface area (Å²) in [5.74, 6) is -0.775. The van der Waals surface area contributed by atoms with E-state index in [4.69, 9.17) is 17.3 Å². The number of nitrogens with one attached hydrogen (secondary N) is 2. The molecule has 2 aromatic rings. The number of hydrogen-bond acceptors (Lipinski definition) is 4. The zero-order chi connectivity index (χ0) is 14.9. The van der Waals surface area contributed by atoms with Gasteiger partial charge in [0.05, 0.1) is 5.02 Å². The van der Waals surface area contributed by atoms with Crippen LogP contribution in [-0.2, 0) is 16.6 Å². The number of para-hydroxylation sites is 1. The van der Waals surface area contributed by atoms with Crippen molar-refractivity contribution in [1.82, 2.24) is 10.2 Å². The highest BCUT2D eigenvalue weighted by Gasteiger charge is 2.25. The number of rotatable bonds is 4. The number of aromatic amines is 1. The molecule has 9 heteroatoms. The Hall–Kier alpha value is -1.64. The Bertz CT molecular complexity index is 725. The maximum atomic E-state index is 13.6. The average molecular weight is 319 g/mol. The van der Waals surface area contributed by atoms with Crippen LogP contribution in [0.3, 0.4) is 0 Å². The molecule has 0 atom stereocenters. The van der Waals surface area contributed by atoms with Crippen LogP contribution in [0.5, 0.6) is 0 Å². The summed E-state index contributed by atoms with van der Waals surface area (Å²) in [6.07, 6.45) is 0. The van der Waals surface area contributed by atoms with E-state index in [1.165, 1.54) is 12.1 Å². The number of anilines is 1. The summed E-state index contributed by atoms with van der Waals surface area (Å²) in [6.45, 7) is 1.63. The van der Waals surface area contributed by atoms with Crippen molar-refractivity contribution in [3.63, 3.8) is 0 Å². The van der Waals surface area contributed by atoms with Crippen LogP contribution >= 0.6 is 11.6 Å². The van der Waals surface area contributed by atoms with Crippen LogP contribution in [0.25, 0.3) is 0 Å². The topological polar surface area (TPSA) is 101 Å². The quantitative estimate of drug-likeness (QED) is 0.799. The number of nitrogens with two attached hydrogens (primary N) is 1. The molecule has 0 fully saturated rings. The van der Waals surface area contributed by atoms with Gasteiger partial charge in [0.25, 0.3) is 10.0 Å². The lowest BCUT2D eigenvalue weighted by Crippen LogP contribution is -2.17. The molecule has 0 unspecified atom stereocenters. The minimum atomic E-state index is -4.08. The highest BCUT2D eigenvalue weighted by molar-refractivity contribution is 7.92. The van der Waals surface area contributed by atoms with Gasteiger partial charge in [-0.15, -0.1) is 0 Å². The number of nitrogens with zero attached hydrogens (tertiary/aromatic N) is 1. The summed E-state index contributed by atoms with van der Waals surface area (Å²) in [7, 11) is -4.08. The van der Waals surface area contributed by atoms with E-state index < -0.39 is 15.8 Å². The zero-order valence-corrected chi connectivity index (χ0v) is 12.0. The smallest absolute Gasteiger partial charge is 0.281 e. The molecule has 0 amide bonds. The van der Waals surface area contributed by atoms with Crippen LogP contribution in [0, 0.1) is 12.7 Å². The summed E-state index contributed by atoms with van der Waals surface area (Å²) in [5.41, 5.74) is 6.04. The largest absolute Gasteiger partial charge is 0.326 e. The number of aryl methyl sites for hydroxylation is 1. The summed E-state index contributed by atoms with van der Waals surface area (Å²) in [6, 6.07) is 3.85. The molecule has 0 saturated heterocycles. The minimum Gasteiger partial charge on any atom is -0.326 e. The fraction of sp³-hybridized carbons (Fsp3) is 0.182. The van der Waals surface area contributed by atoms with Crippen molar-refractivity contribution in [2.45, 2.75) is 18.5 Å². The number of benzene rings is 1. The standard InChI is InChI=1S/C11H12ClFN4O2S/c1-6-7(5-14)11(16-15-6)20(18,19)17-10-8(12)3-2-4-9(10)13/h2-4,17H,5,14H2,1H3,(H,15,16). The second-order valence-corrected chi connectivity index (χ2v) is 6.04. The van der Waals surface area contributed by atoms with Crippen LogP contribution < -0.4 is 10.5 Å². The monoisotopic (exact) mass is 318 g/mol. The molecule has 0 spiro atoms. The predicted octanol–water partition coefficient (Wildman–Crippen LogP) is 1.77. The molecule has 20 heavy (non-hydrogen) atoms. The molecule has 108 valence electrons. The third kappa shape index (κ3) is 2.62. The molecule has 1 aromatic carbocycles. The molecule has 4 N–H and O–H groups in total. The summed E-state index contributed by atoms with van der Waals surface area (Å²) < 4.78 is 40.2. The maximum absolute atomic E-state index is 13.6. The Balaban J connectivity index is 2.46. The van der Waals surface area contributed by atoms with Gasteiger partial charge in [-0.3, -0.25) is 9.82 Å². The van der Waals surface area contributed by atoms with Crippen molar-refractivity contribution >= 4 is 27.3 Å². The maximum Gasteiger partial charge on any atom is 0.281 e. The van der Waals surface area contributed by atoms with Gasteiger partial charge in [0, 0.05) is 17.8 Å². The second kappa shape index (κ2) is 5.39. The van der Waals surface area contributed by atoms with Gasteiger partial charge in [0.2, 0.25) is 5.03 Å². The van der Waals surface area contributed by atoms with E-state index in [-0.39, 0.29) is 22.3 Å². The summed E-state index contributed by atoms with van der Waals surface area (Å²) >= 11 is 5.78. The van der Waals surface area contributed by atoms with E-state index in [2.05, 4.69) is 14.9 Å². The fourth-order valence-corrected chi connectivity index (χ4v) is 3.24. The Morgan fingerprint density at radius 2 is 2.20 bits per heavy atom. The molecule has 6 nitrogen and oxygen atoms in total. The third-order valence-corrected chi connectivity index (χ3v) is 4.33. The molecule has 0 saturated carbocycles. The molecule has 0 radical (unpaired) electrons. The van der Waals surface area contributed by atoms with Gasteiger partial charge in [-0.05, 0) is 19.1 Å². The number of sulfonamides is 1.